The number of rotatable bonds is 6. The molecule has 2 aromatic rings. The van der Waals surface area contributed by atoms with E-state index in [9.17, 15) is 19.7 Å². The van der Waals surface area contributed by atoms with E-state index < -0.39 is 10.8 Å². The Hall–Kier alpha value is -2.93. The number of hydrogen-bond acceptors (Lipinski definition) is 4. The maximum Gasteiger partial charge on any atom is 0.269 e. The van der Waals surface area contributed by atoms with E-state index in [0.29, 0.717) is 10.7 Å². The number of anilines is 1. The van der Waals surface area contributed by atoms with Crippen molar-refractivity contribution in [3.05, 3.63) is 68.7 Å². The number of halogens is 1. The first-order valence-corrected chi connectivity index (χ1v) is 7.83. The molecule has 0 unspecified atom stereocenters. The van der Waals surface area contributed by atoms with Gasteiger partial charge in [-0.25, -0.2) is 0 Å². The van der Waals surface area contributed by atoms with Crippen molar-refractivity contribution in [3.8, 4) is 0 Å². The molecule has 0 spiro atoms. The lowest BCUT2D eigenvalue weighted by Gasteiger charge is -2.09. The summed E-state index contributed by atoms with van der Waals surface area (Å²) in [5.41, 5.74) is 1.70. The van der Waals surface area contributed by atoms with Crippen LogP contribution in [-0.4, -0.2) is 23.3 Å². The molecule has 0 radical (unpaired) electrons. The Morgan fingerprint density at radius 3 is 2.48 bits per heavy atom. The number of benzene rings is 2. The molecule has 2 N–H and O–H groups in total. The van der Waals surface area contributed by atoms with Crippen molar-refractivity contribution < 1.29 is 14.5 Å². The summed E-state index contributed by atoms with van der Waals surface area (Å²) in [7, 11) is 0. The lowest BCUT2D eigenvalue weighted by atomic mass is 10.2. The summed E-state index contributed by atoms with van der Waals surface area (Å²) in [6.07, 6.45) is 0.0880. The van der Waals surface area contributed by atoms with Gasteiger partial charge < -0.3 is 10.6 Å². The van der Waals surface area contributed by atoms with Gasteiger partial charge in [0.25, 0.3) is 11.6 Å². The Morgan fingerprint density at radius 2 is 1.84 bits per heavy atom. The van der Waals surface area contributed by atoms with Crippen molar-refractivity contribution in [2.75, 3.05) is 11.9 Å². The third-order valence-electron chi connectivity index (χ3n) is 3.45. The quantitative estimate of drug-likeness (QED) is 0.608. The molecule has 2 amide bonds. The van der Waals surface area contributed by atoms with Gasteiger partial charge in [0.2, 0.25) is 5.91 Å². The summed E-state index contributed by atoms with van der Waals surface area (Å²) in [6, 6.07) is 10.4. The normalized spacial score (nSPS) is 10.2. The Labute approximate surface area is 149 Å². The van der Waals surface area contributed by atoms with Crippen LogP contribution < -0.4 is 10.6 Å². The number of nitro benzene ring substituents is 1. The van der Waals surface area contributed by atoms with E-state index >= 15 is 0 Å². The van der Waals surface area contributed by atoms with Crippen molar-refractivity contribution in [2.24, 2.45) is 0 Å². The minimum absolute atomic E-state index is 0.0880. The van der Waals surface area contributed by atoms with Gasteiger partial charge in [-0.2, -0.15) is 0 Å². The minimum atomic E-state index is -0.538. The molecule has 2 rings (SSSR count). The fourth-order valence-corrected chi connectivity index (χ4v) is 2.24. The maximum absolute atomic E-state index is 11.9. The third kappa shape index (κ3) is 5.29. The van der Waals surface area contributed by atoms with Crippen molar-refractivity contribution in [3.63, 3.8) is 0 Å². The van der Waals surface area contributed by atoms with Crippen LogP contribution in [0.15, 0.2) is 42.5 Å². The predicted molar refractivity (Wildman–Crippen MR) is 94.9 cm³/mol. The molecule has 0 saturated carbocycles. The number of non-ortho nitro benzene ring substituents is 1. The van der Waals surface area contributed by atoms with Gasteiger partial charge in [0.1, 0.15) is 0 Å². The molecular weight excluding hydrogens is 346 g/mol. The van der Waals surface area contributed by atoms with E-state index in [0.717, 1.165) is 5.56 Å². The summed E-state index contributed by atoms with van der Waals surface area (Å²) < 4.78 is 0. The largest absolute Gasteiger partial charge is 0.352 e. The Kier molecular flexibility index (Phi) is 6.08. The van der Waals surface area contributed by atoms with Gasteiger partial charge in [0.05, 0.1) is 4.92 Å². The molecule has 8 heteroatoms. The number of nitrogens with zero attached hydrogens (tertiary/aromatic N) is 1. The number of aryl methyl sites for hydroxylation is 1. The number of nitro groups is 1. The van der Waals surface area contributed by atoms with Crippen LogP contribution in [0.1, 0.15) is 22.3 Å². The van der Waals surface area contributed by atoms with Crippen LogP contribution in [0, 0.1) is 17.0 Å². The molecule has 0 fully saturated rings. The van der Waals surface area contributed by atoms with Crippen LogP contribution in [0.3, 0.4) is 0 Å². The summed E-state index contributed by atoms with van der Waals surface area (Å²) in [6.45, 7) is 1.99. The first kappa shape index (κ1) is 18.4. The molecule has 0 saturated heterocycles. The summed E-state index contributed by atoms with van der Waals surface area (Å²) in [5, 5.41) is 16.4. The van der Waals surface area contributed by atoms with Gasteiger partial charge >= 0.3 is 0 Å². The van der Waals surface area contributed by atoms with Gasteiger partial charge in [-0.1, -0.05) is 17.7 Å². The highest BCUT2D eigenvalue weighted by atomic mass is 35.5. The van der Waals surface area contributed by atoms with Gasteiger partial charge in [-0.15, -0.1) is 0 Å². The Balaban J connectivity index is 1.83. The van der Waals surface area contributed by atoms with Gasteiger partial charge in [-0.3, -0.25) is 19.7 Å². The van der Waals surface area contributed by atoms with Crippen LogP contribution >= 0.6 is 11.6 Å². The SMILES string of the molecule is Cc1ccc(Cl)cc1NC(=O)CCNC(=O)c1ccc([N+](=O)[O-])cc1. The molecule has 0 bridgehead atoms. The molecule has 2 aromatic carbocycles. The van der Waals surface area contributed by atoms with Crippen molar-refractivity contribution in [1.82, 2.24) is 5.32 Å². The molecule has 0 heterocycles. The molecule has 0 aliphatic carbocycles. The van der Waals surface area contributed by atoms with Crippen molar-refractivity contribution in [1.29, 1.82) is 0 Å². The zero-order chi connectivity index (χ0) is 18.4. The molecular formula is C17H16ClN3O4. The average molecular weight is 362 g/mol. The number of hydrogen-bond donors (Lipinski definition) is 2. The standard InChI is InChI=1S/C17H16ClN3O4/c1-11-2-5-13(18)10-15(11)20-16(22)8-9-19-17(23)12-3-6-14(7-4-12)21(24)25/h2-7,10H,8-9H2,1H3,(H,19,23)(H,20,22). The first-order chi connectivity index (χ1) is 11.9. The van der Waals surface area contributed by atoms with E-state index in [1.165, 1.54) is 24.3 Å². The van der Waals surface area contributed by atoms with Crippen LogP contribution in [0.5, 0.6) is 0 Å². The van der Waals surface area contributed by atoms with Crippen LogP contribution in [0.2, 0.25) is 5.02 Å². The number of amides is 2. The van der Waals surface area contributed by atoms with E-state index in [2.05, 4.69) is 10.6 Å². The second kappa shape index (κ2) is 8.25. The number of carbonyl (C=O) groups excluding carboxylic acids is 2. The smallest absolute Gasteiger partial charge is 0.269 e. The maximum atomic E-state index is 11.9. The predicted octanol–water partition coefficient (Wildman–Crippen LogP) is 3.32. The monoisotopic (exact) mass is 361 g/mol. The number of carbonyl (C=O) groups is 2. The molecule has 0 atom stereocenters. The highest BCUT2D eigenvalue weighted by molar-refractivity contribution is 6.31. The minimum Gasteiger partial charge on any atom is -0.352 e. The highest BCUT2D eigenvalue weighted by Gasteiger charge is 2.10. The lowest BCUT2D eigenvalue weighted by molar-refractivity contribution is -0.384. The van der Waals surface area contributed by atoms with Crippen molar-refractivity contribution >= 4 is 34.8 Å². The van der Waals surface area contributed by atoms with E-state index in [-0.39, 0.29) is 30.1 Å². The van der Waals surface area contributed by atoms with Gasteiger partial charge in [-0.05, 0) is 36.8 Å². The lowest BCUT2D eigenvalue weighted by Crippen LogP contribution is -2.27. The fraction of sp³-hybridized carbons (Fsp3) is 0.176. The van der Waals surface area contributed by atoms with Crippen LogP contribution in [0.4, 0.5) is 11.4 Å². The van der Waals surface area contributed by atoms with Crippen molar-refractivity contribution in [2.45, 2.75) is 13.3 Å². The van der Waals surface area contributed by atoms with E-state index in [1.807, 2.05) is 6.92 Å². The highest BCUT2D eigenvalue weighted by Crippen LogP contribution is 2.20. The second-order valence-electron chi connectivity index (χ2n) is 5.32. The van der Waals surface area contributed by atoms with Crippen LogP contribution in [0.25, 0.3) is 0 Å². The second-order valence-corrected chi connectivity index (χ2v) is 5.75. The molecule has 130 valence electrons. The molecule has 0 aliphatic rings. The van der Waals surface area contributed by atoms with Gasteiger partial charge in [0, 0.05) is 41.4 Å². The fourth-order valence-electron chi connectivity index (χ4n) is 2.07. The summed E-state index contributed by atoms with van der Waals surface area (Å²) >= 11 is 5.89. The van der Waals surface area contributed by atoms with Crippen LogP contribution in [-0.2, 0) is 4.79 Å². The van der Waals surface area contributed by atoms with Gasteiger partial charge in [0.15, 0.2) is 0 Å². The zero-order valence-corrected chi connectivity index (χ0v) is 14.2. The summed E-state index contributed by atoms with van der Waals surface area (Å²) in [4.78, 5) is 33.9. The molecule has 0 aromatic heterocycles. The zero-order valence-electron chi connectivity index (χ0n) is 13.4. The molecule has 0 aliphatic heterocycles. The Bertz CT molecular complexity index is 806. The topological polar surface area (TPSA) is 101 Å². The molecule has 7 nitrogen and oxygen atoms in total. The number of nitrogens with one attached hydrogen (secondary N) is 2. The third-order valence-corrected chi connectivity index (χ3v) is 3.69. The average Bonchev–Trinajstić information content (AvgIpc) is 2.58. The van der Waals surface area contributed by atoms with E-state index in [1.54, 1.807) is 18.2 Å². The Morgan fingerprint density at radius 1 is 1.16 bits per heavy atom. The van der Waals surface area contributed by atoms with E-state index in [4.69, 9.17) is 11.6 Å². The summed E-state index contributed by atoms with van der Waals surface area (Å²) in [5.74, 6) is -0.656. The first-order valence-electron chi connectivity index (χ1n) is 7.45. The molecule has 25 heavy (non-hydrogen) atoms.